The molecule has 0 fully saturated rings. The van der Waals surface area contributed by atoms with Gasteiger partial charge in [0, 0.05) is 0 Å². The van der Waals surface area contributed by atoms with E-state index in [1.165, 1.54) is 6.92 Å². The summed E-state index contributed by atoms with van der Waals surface area (Å²) in [6, 6.07) is 1.39. The molecule has 0 saturated heterocycles. The van der Waals surface area contributed by atoms with Crippen LogP contribution in [0.4, 0.5) is 26.3 Å². The third-order valence-corrected chi connectivity index (χ3v) is 4.14. The van der Waals surface area contributed by atoms with Crippen LogP contribution >= 0.6 is 0 Å². The smallest absolute Gasteiger partial charge is 0.416 e. The molecule has 1 rings (SSSR count). The van der Waals surface area contributed by atoms with Crippen molar-refractivity contribution in [2.24, 2.45) is 11.7 Å². The molecule has 3 N–H and O–H groups in total. The predicted molar refractivity (Wildman–Crippen MR) is 83.4 cm³/mol. The summed E-state index contributed by atoms with van der Waals surface area (Å²) in [4.78, 5) is 11.0. The van der Waals surface area contributed by atoms with Crippen LogP contribution in [-0.2, 0) is 23.6 Å². The fourth-order valence-corrected chi connectivity index (χ4v) is 2.81. The number of nitrogens with two attached hydrogens (primary N) is 1. The molecule has 3 nitrogen and oxygen atoms in total. The fourth-order valence-electron chi connectivity index (χ4n) is 2.81. The van der Waals surface area contributed by atoms with E-state index in [-0.39, 0.29) is 25.2 Å². The molecule has 148 valence electrons. The second-order valence-electron chi connectivity index (χ2n) is 6.79. The van der Waals surface area contributed by atoms with Crippen molar-refractivity contribution in [2.75, 3.05) is 0 Å². The maximum absolute atomic E-state index is 13.0. The number of benzene rings is 1. The number of carbonyl (C=O) groups is 1. The molecule has 0 aliphatic rings. The van der Waals surface area contributed by atoms with Crippen molar-refractivity contribution in [2.45, 2.75) is 57.4 Å². The van der Waals surface area contributed by atoms with Crippen molar-refractivity contribution in [3.8, 4) is 0 Å². The Morgan fingerprint density at radius 3 is 2.19 bits per heavy atom. The van der Waals surface area contributed by atoms with Gasteiger partial charge >= 0.3 is 18.3 Å². The van der Waals surface area contributed by atoms with Crippen LogP contribution in [-0.4, -0.2) is 16.6 Å². The number of aliphatic carboxylic acids is 1. The van der Waals surface area contributed by atoms with Crippen molar-refractivity contribution >= 4 is 5.97 Å². The van der Waals surface area contributed by atoms with E-state index in [0.717, 1.165) is 0 Å². The third kappa shape index (κ3) is 6.19. The first-order valence-electron chi connectivity index (χ1n) is 7.94. The lowest BCUT2D eigenvalue weighted by atomic mass is 9.87. The lowest BCUT2D eigenvalue weighted by Gasteiger charge is -2.23. The predicted octanol–water partition coefficient (Wildman–Crippen LogP) is 4.88. The van der Waals surface area contributed by atoms with Gasteiger partial charge in [0.1, 0.15) is 5.54 Å². The molecule has 2 atom stereocenters. The van der Waals surface area contributed by atoms with Gasteiger partial charge in [-0.25, -0.2) is 0 Å². The van der Waals surface area contributed by atoms with Gasteiger partial charge in [-0.2, -0.15) is 26.3 Å². The zero-order valence-corrected chi connectivity index (χ0v) is 14.3. The molecule has 0 amide bonds. The quantitative estimate of drug-likeness (QED) is 0.658. The molecule has 0 saturated carbocycles. The number of hydrogen-bond acceptors (Lipinski definition) is 2. The summed E-state index contributed by atoms with van der Waals surface area (Å²) < 4.78 is 77.3. The highest BCUT2D eigenvalue weighted by Crippen LogP contribution is 2.37. The second kappa shape index (κ2) is 7.85. The maximum atomic E-state index is 13.0. The van der Waals surface area contributed by atoms with Gasteiger partial charge in [-0.15, -0.1) is 0 Å². The van der Waals surface area contributed by atoms with Gasteiger partial charge < -0.3 is 10.8 Å². The summed E-state index contributed by atoms with van der Waals surface area (Å²) in [5, 5.41) is 8.97. The Hall–Kier alpha value is -1.77. The van der Waals surface area contributed by atoms with E-state index in [9.17, 15) is 31.1 Å². The van der Waals surface area contributed by atoms with Crippen molar-refractivity contribution < 1.29 is 36.2 Å². The number of alkyl halides is 6. The molecule has 26 heavy (non-hydrogen) atoms. The highest BCUT2D eigenvalue weighted by Gasteiger charge is 2.37. The molecule has 0 aliphatic heterocycles. The monoisotopic (exact) mass is 385 g/mol. The molecule has 0 aromatic heterocycles. The van der Waals surface area contributed by atoms with Crippen molar-refractivity contribution in [1.29, 1.82) is 0 Å². The molecule has 0 aliphatic carbocycles. The number of hydrogen-bond donors (Lipinski definition) is 2. The van der Waals surface area contributed by atoms with E-state index in [1.807, 2.05) is 0 Å². The average molecular weight is 385 g/mol. The van der Waals surface area contributed by atoms with E-state index in [0.29, 0.717) is 24.6 Å². The van der Waals surface area contributed by atoms with Crippen LogP contribution in [0, 0.1) is 5.92 Å². The molecule has 0 heterocycles. The maximum Gasteiger partial charge on any atom is 0.416 e. The van der Waals surface area contributed by atoms with Crippen molar-refractivity contribution in [3.63, 3.8) is 0 Å². The Kier molecular flexibility index (Phi) is 6.73. The highest BCUT2D eigenvalue weighted by atomic mass is 19.4. The molecule has 0 spiro atoms. The number of halogens is 6. The number of carboxylic acids is 1. The van der Waals surface area contributed by atoms with E-state index >= 15 is 0 Å². The van der Waals surface area contributed by atoms with Gasteiger partial charge in [-0.1, -0.05) is 13.3 Å². The minimum Gasteiger partial charge on any atom is -0.480 e. The number of carboxylic acid groups (broad SMARTS) is 1. The average Bonchev–Trinajstić information content (AvgIpc) is 2.44. The summed E-state index contributed by atoms with van der Waals surface area (Å²) in [6.07, 6.45) is -9.04. The molecule has 0 radical (unpaired) electrons. The zero-order chi connectivity index (χ0) is 20.3. The number of rotatable bonds is 7. The Balaban J connectivity index is 2.86. The largest absolute Gasteiger partial charge is 0.480 e. The van der Waals surface area contributed by atoms with Crippen LogP contribution in [0.15, 0.2) is 18.2 Å². The Morgan fingerprint density at radius 2 is 1.73 bits per heavy atom. The Morgan fingerprint density at radius 1 is 1.15 bits per heavy atom. The van der Waals surface area contributed by atoms with Gasteiger partial charge in [0.05, 0.1) is 11.1 Å². The zero-order valence-electron chi connectivity index (χ0n) is 14.3. The standard InChI is InChI=1S/C17H21F6NO2/c1-10(9-15(2,24)14(25)26)4-3-5-11-8-12(16(18,19)20)6-7-13(11)17(21,22)23/h6-8,10H,3-5,9,24H2,1-2H3,(H,25,26). The van der Waals surface area contributed by atoms with E-state index in [1.54, 1.807) is 6.92 Å². The van der Waals surface area contributed by atoms with Crippen LogP contribution in [0.3, 0.4) is 0 Å². The topological polar surface area (TPSA) is 63.3 Å². The fraction of sp³-hybridized carbons (Fsp3) is 0.588. The van der Waals surface area contributed by atoms with Crippen LogP contribution < -0.4 is 5.73 Å². The van der Waals surface area contributed by atoms with Crippen LogP contribution in [0.1, 0.15) is 49.8 Å². The summed E-state index contributed by atoms with van der Waals surface area (Å²) >= 11 is 0. The van der Waals surface area contributed by atoms with Crippen molar-refractivity contribution in [1.82, 2.24) is 0 Å². The van der Waals surface area contributed by atoms with Gasteiger partial charge in [0.2, 0.25) is 0 Å². The highest BCUT2D eigenvalue weighted by molar-refractivity contribution is 5.77. The first-order valence-corrected chi connectivity index (χ1v) is 7.94. The van der Waals surface area contributed by atoms with Crippen LogP contribution in [0.5, 0.6) is 0 Å². The molecule has 1 aromatic rings. The minimum absolute atomic E-state index is 0.108. The van der Waals surface area contributed by atoms with E-state index in [4.69, 9.17) is 10.8 Å². The Labute approximate surface area is 147 Å². The SMILES string of the molecule is CC(CCCc1cc(C(F)(F)F)ccc1C(F)(F)F)CC(C)(N)C(=O)O. The van der Waals surface area contributed by atoms with Gasteiger partial charge in [-0.05, 0) is 55.9 Å². The molecular weight excluding hydrogens is 364 g/mol. The molecule has 0 bridgehead atoms. The minimum atomic E-state index is -4.75. The molecule has 9 heteroatoms. The lowest BCUT2D eigenvalue weighted by Crippen LogP contribution is -2.46. The van der Waals surface area contributed by atoms with Gasteiger partial charge in [0.25, 0.3) is 0 Å². The molecule has 2 unspecified atom stereocenters. The summed E-state index contributed by atoms with van der Waals surface area (Å²) in [5.74, 6) is -1.40. The second-order valence-corrected chi connectivity index (χ2v) is 6.79. The molecule has 1 aromatic carbocycles. The first-order chi connectivity index (χ1) is 11.6. The lowest BCUT2D eigenvalue weighted by molar-refractivity contribution is -0.143. The van der Waals surface area contributed by atoms with E-state index in [2.05, 4.69) is 0 Å². The third-order valence-electron chi connectivity index (χ3n) is 4.14. The van der Waals surface area contributed by atoms with Crippen LogP contribution in [0.25, 0.3) is 0 Å². The molecular formula is C17H21F6NO2. The van der Waals surface area contributed by atoms with Crippen molar-refractivity contribution in [3.05, 3.63) is 34.9 Å². The first kappa shape index (κ1) is 22.3. The summed E-state index contributed by atoms with van der Waals surface area (Å²) in [7, 11) is 0. The summed E-state index contributed by atoms with van der Waals surface area (Å²) in [6.45, 7) is 3.03. The summed E-state index contributed by atoms with van der Waals surface area (Å²) in [5.41, 5.74) is 1.51. The van der Waals surface area contributed by atoms with Gasteiger partial charge in [0.15, 0.2) is 0 Å². The normalized spacial score (nSPS) is 16.2. The Bertz CT molecular complexity index is 637. The van der Waals surface area contributed by atoms with E-state index < -0.39 is 40.6 Å². The van der Waals surface area contributed by atoms with Crippen LogP contribution in [0.2, 0.25) is 0 Å². The number of aryl methyl sites for hydroxylation is 1. The van der Waals surface area contributed by atoms with Gasteiger partial charge in [-0.3, -0.25) is 4.79 Å².